The van der Waals surface area contributed by atoms with Crippen LogP contribution in [-0.4, -0.2) is 0 Å². The minimum absolute atomic E-state index is 0.208. The molecule has 19 heavy (non-hydrogen) atoms. The average Bonchev–Trinajstić information content (AvgIpc) is 2.41. The lowest BCUT2D eigenvalue weighted by Crippen LogP contribution is -2.28. The molecule has 1 aromatic rings. The second-order valence-corrected chi connectivity index (χ2v) is 6.21. The molecule has 0 aliphatic rings. The molecule has 108 valence electrons. The third kappa shape index (κ3) is 6.26. The highest BCUT2D eigenvalue weighted by molar-refractivity contribution is 9.10. The van der Waals surface area contributed by atoms with Gasteiger partial charge in [-0.2, -0.15) is 0 Å². The Morgan fingerprint density at radius 1 is 1.21 bits per heavy atom. The van der Waals surface area contributed by atoms with Crippen LogP contribution in [0.3, 0.4) is 0 Å². The first-order valence-corrected chi connectivity index (χ1v) is 8.27. The molecule has 0 heterocycles. The van der Waals surface area contributed by atoms with Crippen LogP contribution in [0.15, 0.2) is 22.7 Å². The number of unbranched alkanes of at least 4 members (excludes halogenated alkanes) is 5. The van der Waals surface area contributed by atoms with Crippen molar-refractivity contribution in [2.24, 2.45) is 5.84 Å². The molecular formula is C15H24BrClN2. The largest absolute Gasteiger partial charge is 0.271 e. The van der Waals surface area contributed by atoms with Crippen molar-refractivity contribution in [3.63, 3.8) is 0 Å². The van der Waals surface area contributed by atoms with Gasteiger partial charge < -0.3 is 0 Å². The Hall–Kier alpha value is -0.0900. The molecule has 0 bridgehead atoms. The van der Waals surface area contributed by atoms with Crippen molar-refractivity contribution < 1.29 is 0 Å². The van der Waals surface area contributed by atoms with Crippen molar-refractivity contribution in [3.8, 4) is 0 Å². The van der Waals surface area contributed by atoms with E-state index in [1.54, 1.807) is 0 Å². The van der Waals surface area contributed by atoms with Gasteiger partial charge in [-0.1, -0.05) is 63.1 Å². The zero-order chi connectivity index (χ0) is 14.1. The van der Waals surface area contributed by atoms with Gasteiger partial charge >= 0.3 is 0 Å². The highest BCUT2D eigenvalue weighted by Crippen LogP contribution is 2.28. The third-order valence-corrected chi connectivity index (χ3v) is 4.61. The Labute approximate surface area is 130 Å². The SMILES string of the molecule is CCCCCCCCC(NN)c1ccc(Cl)c(Br)c1. The molecule has 0 aliphatic carbocycles. The van der Waals surface area contributed by atoms with Gasteiger partial charge in [0.15, 0.2) is 0 Å². The fraction of sp³-hybridized carbons (Fsp3) is 0.600. The van der Waals surface area contributed by atoms with Crippen LogP contribution in [-0.2, 0) is 0 Å². The molecule has 0 saturated carbocycles. The zero-order valence-corrected chi connectivity index (χ0v) is 13.9. The van der Waals surface area contributed by atoms with E-state index in [1.165, 1.54) is 44.1 Å². The van der Waals surface area contributed by atoms with E-state index in [2.05, 4.69) is 28.3 Å². The van der Waals surface area contributed by atoms with Crippen LogP contribution in [0.4, 0.5) is 0 Å². The number of nitrogens with two attached hydrogens (primary N) is 1. The van der Waals surface area contributed by atoms with E-state index in [0.29, 0.717) is 0 Å². The lowest BCUT2D eigenvalue weighted by atomic mass is 10.0. The van der Waals surface area contributed by atoms with Crippen LogP contribution >= 0.6 is 27.5 Å². The number of halogens is 2. The highest BCUT2D eigenvalue weighted by atomic mass is 79.9. The number of benzene rings is 1. The number of hydrazine groups is 1. The molecule has 0 aliphatic heterocycles. The molecule has 2 nitrogen and oxygen atoms in total. The maximum absolute atomic E-state index is 6.01. The summed E-state index contributed by atoms with van der Waals surface area (Å²) >= 11 is 9.46. The van der Waals surface area contributed by atoms with E-state index in [4.69, 9.17) is 17.4 Å². The standard InChI is InChI=1S/C15H24BrClN2/c1-2-3-4-5-6-7-8-15(19-18)12-9-10-14(17)13(16)11-12/h9-11,15,19H,2-8,18H2,1H3. The molecular weight excluding hydrogens is 324 g/mol. The van der Waals surface area contributed by atoms with Gasteiger partial charge in [0.2, 0.25) is 0 Å². The third-order valence-electron chi connectivity index (χ3n) is 3.39. The van der Waals surface area contributed by atoms with E-state index >= 15 is 0 Å². The normalized spacial score (nSPS) is 12.6. The number of hydrogen-bond acceptors (Lipinski definition) is 2. The Bertz CT molecular complexity index is 371. The maximum Gasteiger partial charge on any atom is 0.0548 e. The smallest absolute Gasteiger partial charge is 0.0548 e. The van der Waals surface area contributed by atoms with Crippen molar-refractivity contribution in [1.82, 2.24) is 5.43 Å². The van der Waals surface area contributed by atoms with Crippen LogP contribution in [0.25, 0.3) is 0 Å². The number of hydrogen-bond donors (Lipinski definition) is 2. The zero-order valence-electron chi connectivity index (χ0n) is 11.6. The number of rotatable bonds is 9. The molecule has 4 heteroatoms. The summed E-state index contributed by atoms with van der Waals surface area (Å²) < 4.78 is 0.926. The molecule has 3 N–H and O–H groups in total. The van der Waals surface area contributed by atoms with Crippen LogP contribution in [0.1, 0.15) is 63.5 Å². The molecule has 1 unspecified atom stereocenters. The van der Waals surface area contributed by atoms with Gasteiger partial charge in [-0.05, 0) is 40.0 Å². The topological polar surface area (TPSA) is 38.0 Å². The Balaban J connectivity index is 2.38. The number of nitrogens with one attached hydrogen (secondary N) is 1. The Morgan fingerprint density at radius 3 is 2.53 bits per heavy atom. The molecule has 0 fully saturated rings. The minimum Gasteiger partial charge on any atom is -0.271 e. The Kier molecular flexibility index (Phi) is 8.71. The van der Waals surface area contributed by atoms with Gasteiger partial charge in [0.25, 0.3) is 0 Å². The van der Waals surface area contributed by atoms with Crippen LogP contribution in [0, 0.1) is 0 Å². The average molecular weight is 348 g/mol. The summed E-state index contributed by atoms with van der Waals surface area (Å²) in [5, 5.41) is 0.735. The van der Waals surface area contributed by atoms with Gasteiger partial charge in [-0.15, -0.1) is 0 Å². The van der Waals surface area contributed by atoms with Crippen molar-refractivity contribution in [1.29, 1.82) is 0 Å². The fourth-order valence-electron chi connectivity index (χ4n) is 2.20. The van der Waals surface area contributed by atoms with E-state index in [-0.39, 0.29) is 6.04 Å². The molecule has 0 radical (unpaired) electrons. The summed E-state index contributed by atoms with van der Waals surface area (Å²) in [5.74, 6) is 5.66. The molecule has 0 saturated heterocycles. The van der Waals surface area contributed by atoms with Crippen molar-refractivity contribution in [2.75, 3.05) is 0 Å². The summed E-state index contributed by atoms with van der Waals surface area (Å²) in [6.45, 7) is 2.24. The maximum atomic E-state index is 6.01. The first-order chi connectivity index (χ1) is 9.19. The van der Waals surface area contributed by atoms with E-state index in [1.807, 2.05) is 18.2 Å². The van der Waals surface area contributed by atoms with E-state index in [0.717, 1.165) is 15.9 Å². The summed E-state index contributed by atoms with van der Waals surface area (Å²) in [6.07, 6.45) is 8.89. The Morgan fingerprint density at radius 2 is 1.89 bits per heavy atom. The summed E-state index contributed by atoms with van der Waals surface area (Å²) in [4.78, 5) is 0. The highest BCUT2D eigenvalue weighted by Gasteiger charge is 2.10. The second kappa shape index (κ2) is 9.76. The predicted molar refractivity (Wildman–Crippen MR) is 87.2 cm³/mol. The fourth-order valence-corrected chi connectivity index (χ4v) is 2.72. The molecule has 1 aromatic carbocycles. The lowest BCUT2D eigenvalue weighted by Gasteiger charge is -2.17. The quantitative estimate of drug-likeness (QED) is 0.358. The second-order valence-electron chi connectivity index (χ2n) is 4.95. The molecule has 0 amide bonds. The van der Waals surface area contributed by atoms with Gasteiger partial charge in [-0.3, -0.25) is 11.3 Å². The van der Waals surface area contributed by atoms with Gasteiger partial charge in [-0.25, -0.2) is 0 Å². The summed E-state index contributed by atoms with van der Waals surface area (Å²) in [6, 6.07) is 6.20. The van der Waals surface area contributed by atoms with Crippen LogP contribution in [0.2, 0.25) is 5.02 Å². The summed E-state index contributed by atoms with van der Waals surface area (Å²) in [5.41, 5.74) is 4.09. The molecule has 0 spiro atoms. The van der Waals surface area contributed by atoms with Crippen LogP contribution in [0.5, 0.6) is 0 Å². The lowest BCUT2D eigenvalue weighted by molar-refractivity contribution is 0.477. The molecule has 0 aromatic heterocycles. The minimum atomic E-state index is 0.208. The first kappa shape index (κ1) is 17.0. The molecule has 1 rings (SSSR count). The predicted octanol–water partition coefficient (Wildman–Crippen LogP) is 5.36. The first-order valence-electron chi connectivity index (χ1n) is 7.10. The van der Waals surface area contributed by atoms with Crippen LogP contribution < -0.4 is 11.3 Å². The summed E-state index contributed by atoms with van der Waals surface area (Å²) in [7, 11) is 0. The van der Waals surface area contributed by atoms with Crippen molar-refractivity contribution >= 4 is 27.5 Å². The monoisotopic (exact) mass is 346 g/mol. The van der Waals surface area contributed by atoms with E-state index in [9.17, 15) is 0 Å². The molecule has 1 atom stereocenters. The van der Waals surface area contributed by atoms with E-state index < -0.39 is 0 Å². The van der Waals surface area contributed by atoms with Gasteiger partial charge in [0.05, 0.1) is 5.02 Å². The van der Waals surface area contributed by atoms with Gasteiger partial charge in [0.1, 0.15) is 0 Å². The van der Waals surface area contributed by atoms with Gasteiger partial charge in [0, 0.05) is 10.5 Å². The van der Waals surface area contributed by atoms with Crippen molar-refractivity contribution in [2.45, 2.75) is 57.9 Å². The van der Waals surface area contributed by atoms with Crippen molar-refractivity contribution in [3.05, 3.63) is 33.3 Å².